The highest BCUT2D eigenvalue weighted by molar-refractivity contribution is 7.92. The van der Waals surface area contributed by atoms with E-state index in [-0.39, 0.29) is 24.1 Å². The third-order valence-corrected chi connectivity index (χ3v) is 7.35. The number of para-hydroxylation sites is 2. The lowest BCUT2D eigenvalue weighted by Crippen LogP contribution is -2.45. The summed E-state index contributed by atoms with van der Waals surface area (Å²) in [5, 5.41) is 2.79. The minimum Gasteiger partial charge on any atom is -0.486 e. The highest BCUT2D eigenvalue weighted by Gasteiger charge is 2.28. The summed E-state index contributed by atoms with van der Waals surface area (Å²) in [6, 6.07) is 22.7. The highest BCUT2D eigenvalue weighted by atomic mass is 32.2. The van der Waals surface area contributed by atoms with Crippen molar-refractivity contribution in [1.29, 1.82) is 0 Å². The number of fused-ring (bicyclic) bond motifs is 1. The summed E-state index contributed by atoms with van der Waals surface area (Å²) in [5.74, 6) is 1.15. The molecule has 34 heavy (non-hydrogen) atoms. The highest BCUT2D eigenvalue weighted by Crippen LogP contribution is 2.30. The monoisotopic (exact) mass is 480 g/mol. The minimum atomic E-state index is -3.95. The van der Waals surface area contributed by atoms with Crippen molar-refractivity contribution in [3.8, 4) is 11.5 Å². The fourth-order valence-electron chi connectivity index (χ4n) is 3.64. The van der Waals surface area contributed by atoms with Gasteiger partial charge in [-0.1, -0.05) is 56.3 Å². The van der Waals surface area contributed by atoms with Crippen molar-refractivity contribution < 1.29 is 22.7 Å². The molecule has 178 valence electrons. The molecule has 8 heteroatoms. The summed E-state index contributed by atoms with van der Waals surface area (Å²) in [6.45, 7) is 4.26. The van der Waals surface area contributed by atoms with Crippen molar-refractivity contribution in [3.63, 3.8) is 0 Å². The summed E-state index contributed by atoms with van der Waals surface area (Å²) in [4.78, 5) is 13.0. The van der Waals surface area contributed by atoms with Gasteiger partial charge in [0.15, 0.2) is 11.5 Å². The smallest absolute Gasteiger partial charge is 0.264 e. The van der Waals surface area contributed by atoms with Crippen LogP contribution in [-0.4, -0.2) is 40.1 Å². The van der Waals surface area contributed by atoms with Crippen LogP contribution in [0.25, 0.3) is 0 Å². The van der Waals surface area contributed by atoms with Crippen LogP contribution in [0, 0.1) is 0 Å². The summed E-state index contributed by atoms with van der Waals surface area (Å²) in [7, 11) is -3.95. The number of hydrogen-bond donors (Lipinski definition) is 1. The van der Waals surface area contributed by atoms with Gasteiger partial charge in [0.25, 0.3) is 10.0 Å². The first-order valence-corrected chi connectivity index (χ1v) is 12.6. The molecule has 1 aliphatic heterocycles. The van der Waals surface area contributed by atoms with Gasteiger partial charge in [-0.05, 0) is 47.9 Å². The number of nitrogens with one attached hydrogen (secondary N) is 1. The third kappa shape index (κ3) is 5.34. The average molecular weight is 481 g/mol. The number of carbonyl (C=O) groups excluding carboxylic acids is 1. The first-order valence-electron chi connectivity index (χ1n) is 11.2. The van der Waals surface area contributed by atoms with Crippen LogP contribution < -0.4 is 19.1 Å². The van der Waals surface area contributed by atoms with Crippen LogP contribution in [0.2, 0.25) is 0 Å². The number of ether oxygens (including phenoxy) is 2. The minimum absolute atomic E-state index is 0.122. The predicted octanol–water partition coefficient (Wildman–Crippen LogP) is 3.96. The van der Waals surface area contributed by atoms with Gasteiger partial charge in [-0.3, -0.25) is 9.10 Å². The van der Waals surface area contributed by atoms with Gasteiger partial charge in [-0.15, -0.1) is 0 Å². The molecule has 0 radical (unpaired) electrons. The lowest BCUT2D eigenvalue weighted by atomic mass is 10.0. The van der Waals surface area contributed by atoms with Gasteiger partial charge in [0.05, 0.1) is 17.1 Å². The van der Waals surface area contributed by atoms with Gasteiger partial charge in [-0.25, -0.2) is 8.42 Å². The maximum absolute atomic E-state index is 13.4. The molecular formula is C26H28N2O5S. The van der Waals surface area contributed by atoms with E-state index in [9.17, 15) is 13.2 Å². The van der Waals surface area contributed by atoms with Gasteiger partial charge in [0.1, 0.15) is 19.3 Å². The Hall–Kier alpha value is -3.52. The fraction of sp³-hybridized carbons (Fsp3) is 0.269. The number of nitrogens with zero attached hydrogens (tertiary/aromatic N) is 1. The van der Waals surface area contributed by atoms with Crippen molar-refractivity contribution in [1.82, 2.24) is 5.32 Å². The number of benzene rings is 3. The number of rotatable bonds is 8. The van der Waals surface area contributed by atoms with Crippen molar-refractivity contribution in [3.05, 3.63) is 84.4 Å². The molecule has 0 aromatic heterocycles. The van der Waals surface area contributed by atoms with Gasteiger partial charge in [0, 0.05) is 0 Å². The number of carbonyl (C=O) groups is 1. The van der Waals surface area contributed by atoms with E-state index in [1.807, 2.05) is 30.3 Å². The molecule has 0 spiro atoms. The Bertz CT molecular complexity index is 1230. The van der Waals surface area contributed by atoms with Gasteiger partial charge in [-0.2, -0.15) is 0 Å². The Morgan fingerprint density at radius 3 is 2.29 bits per heavy atom. The average Bonchev–Trinajstić information content (AvgIpc) is 2.86. The zero-order valence-electron chi connectivity index (χ0n) is 19.2. The fourth-order valence-corrected chi connectivity index (χ4v) is 5.08. The second kappa shape index (κ2) is 10.2. The Morgan fingerprint density at radius 1 is 0.971 bits per heavy atom. The number of hydrogen-bond acceptors (Lipinski definition) is 5. The van der Waals surface area contributed by atoms with Crippen LogP contribution in [0.3, 0.4) is 0 Å². The van der Waals surface area contributed by atoms with E-state index < -0.39 is 15.9 Å². The van der Waals surface area contributed by atoms with Crippen LogP contribution in [0.4, 0.5) is 5.69 Å². The first-order chi connectivity index (χ1) is 16.3. The van der Waals surface area contributed by atoms with Crippen LogP contribution in [-0.2, 0) is 14.8 Å². The van der Waals surface area contributed by atoms with E-state index in [4.69, 9.17) is 9.47 Å². The standard InChI is InChI=1S/C26H28N2O5S/c1-19(2)20-12-14-21(15-13-20)28(34(30,31)23-8-4-3-5-9-23)17-26(29)27-16-22-18-32-24-10-6-7-11-25(24)33-22/h3-15,19,22H,16-18H2,1-2H3,(H,27,29)/t22-/m0/s1. The molecule has 1 N–H and O–H groups in total. The molecule has 7 nitrogen and oxygen atoms in total. The molecule has 0 saturated carbocycles. The summed E-state index contributed by atoms with van der Waals surface area (Å²) < 4.78 is 39.5. The zero-order valence-corrected chi connectivity index (χ0v) is 20.0. The van der Waals surface area contributed by atoms with Gasteiger partial charge < -0.3 is 14.8 Å². The van der Waals surface area contributed by atoms with E-state index >= 15 is 0 Å². The largest absolute Gasteiger partial charge is 0.486 e. The van der Waals surface area contributed by atoms with E-state index in [1.54, 1.807) is 36.4 Å². The molecule has 3 aromatic rings. The maximum Gasteiger partial charge on any atom is 0.264 e. The second-order valence-electron chi connectivity index (χ2n) is 8.37. The molecule has 0 saturated heterocycles. The van der Waals surface area contributed by atoms with E-state index in [1.165, 1.54) is 12.1 Å². The molecule has 0 fully saturated rings. The van der Waals surface area contributed by atoms with E-state index in [2.05, 4.69) is 19.2 Å². The Labute approximate surface area is 200 Å². The summed E-state index contributed by atoms with van der Waals surface area (Å²) >= 11 is 0. The summed E-state index contributed by atoms with van der Waals surface area (Å²) in [6.07, 6.45) is -0.372. The molecule has 0 unspecified atom stereocenters. The van der Waals surface area contributed by atoms with Crippen LogP contribution in [0.15, 0.2) is 83.8 Å². The van der Waals surface area contributed by atoms with Crippen LogP contribution in [0.5, 0.6) is 11.5 Å². The van der Waals surface area contributed by atoms with Crippen molar-refractivity contribution in [2.24, 2.45) is 0 Å². The lowest BCUT2D eigenvalue weighted by Gasteiger charge is -2.27. The van der Waals surface area contributed by atoms with E-state index in [0.717, 1.165) is 9.87 Å². The molecule has 0 bridgehead atoms. The van der Waals surface area contributed by atoms with Gasteiger partial charge in [0.2, 0.25) is 5.91 Å². The number of anilines is 1. The van der Waals surface area contributed by atoms with Crippen molar-refractivity contribution in [2.45, 2.75) is 30.8 Å². The van der Waals surface area contributed by atoms with Crippen molar-refractivity contribution >= 4 is 21.6 Å². The topological polar surface area (TPSA) is 84.9 Å². The molecule has 1 amide bonds. The molecule has 0 aliphatic carbocycles. The normalized spacial score (nSPS) is 15.1. The zero-order chi connectivity index (χ0) is 24.1. The lowest BCUT2D eigenvalue weighted by molar-refractivity contribution is -0.120. The Balaban J connectivity index is 1.49. The molecule has 3 aromatic carbocycles. The van der Waals surface area contributed by atoms with Crippen molar-refractivity contribution in [2.75, 3.05) is 24.0 Å². The SMILES string of the molecule is CC(C)c1ccc(N(CC(=O)NC[C@H]2COc3ccccc3O2)S(=O)(=O)c2ccccc2)cc1. The third-order valence-electron chi connectivity index (χ3n) is 5.56. The summed E-state index contributed by atoms with van der Waals surface area (Å²) in [5.41, 5.74) is 1.51. The molecule has 4 rings (SSSR count). The van der Waals surface area contributed by atoms with Crippen LogP contribution >= 0.6 is 0 Å². The Morgan fingerprint density at radius 2 is 1.62 bits per heavy atom. The molecule has 1 heterocycles. The maximum atomic E-state index is 13.4. The second-order valence-corrected chi connectivity index (χ2v) is 10.2. The Kier molecular flexibility index (Phi) is 7.07. The molecule has 1 aliphatic rings. The number of amides is 1. The van der Waals surface area contributed by atoms with E-state index in [0.29, 0.717) is 29.7 Å². The molecule has 1 atom stereocenters. The quantitative estimate of drug-likeness (QED) is 0.528. The first kappa shape index (κ1) is 23.6. The molecular weight excluding hydrogens is 452 g/mol. The van der Waals surface area contributed by atoms with Gasteiger partial charge >= 0.3 is 0 Å². The predicted molar refractivity (Wildman–Crippen MR) is 131 cm³/mol. The number of sulfonamides is 1. The van der Waals surface area contributed by atoms with Crippen LogP contribution in [0.1, 0.15) is 25.3 Å².